The van der Waals surface area contributed by atoms with Crippen LogP contribution < -0.4 is 10.1 Å². The summed E-state index contributed by atoms with van der Waals surface area (Å²) >= 11 is 5.90. The first-order chi connectivity index (χ1) is 10.7. The Morgan fingerprint density at radius 3 is 2.43 bits per heavy atom. The highest BCUT2D eigenvalue weighted by Crippen LogP contribution is 2.22. The van der Waals surface area contributed by atoms with Gasteiger partial charge < -0.3 is 14.8 Å². The minimum absolute atomic E-state index is 0.245. The van der Waals surface area contributed by atoms with Crippen molar-refractivity contribution < 1.29 is 19.1 Å². The Morgan fingerprint density at radius 2 is 1.91 bits per heavy atom. The Kier molecular flexibility index (Phi) is 7.36. The number of hydrogen-bond acceptors (Lipinski definition) is 4. The molecule has 5 nitrogen and oxygen atoms in total. The zero-order valence-electron chi connectivity index (χ0n) is 14.2. The Labute approximate surface area is 142 Å². The first-order valence-electron chi connectivity index (χ1n) is 7.55. The van der Waals surface area contributed by atoms with Gasteiger partial charge in [-0.2, -0.15) is 0 Å². The molecule has 1 aromatic rings. The zero-order valence-corrected chi connectivity index (χ0v) is 14.9. The molecule has 6 heteroatoms. The summed E-state index contributed by atoms with van der Waals surface area (Å²) in [5, 5.41) is 3.29. The number of amides is 1. The second kappa shape index (κ2) is 8.77. The van der Waals surface area contributed by atoms with Crippen LogP contribution in [-0.2, 0) is 14.3 Å². The van der Waals surface area contributed by atoms with Crippen LogP contribution in [0.15, 0.2) is 18.2 Å². The minimum atomic E-state index is -0.741. The number of carbonyl (C=O) groups excluding carboxylic acids is 2. The molecule has 128 valence electrons. The molecule has 0 fully saturated rings. The van der Waals surface area contributed by atoms with Crippen molar-refractivity contribution in [2.75, 3.05) is 7.11 Å². The maximum absolute atomic E-state index is 12.3. The third kappa shape index (κ3) is 6.10. The second-order valence-electron chi connectivity index (χ2n) is 5.88. The van der Waals surface area contributed by atoms with E-state index in [-0.39, 0.29) is 11.8 Å². The van der Waals surface area contributed by atoms with Gasteiger partial charge in [0, 0.05) is 5.02 Å². The third-order valence-corrected chi connectivity index (χ3v) is 3.55. The molecular weight excluding hydrogens is 318 g/mol. The molecule has 0 spiro atoms. The Balaban J connectivity index is 2.72. The van der Waals surface area contributed by atoms with Gasteiger partial charge in [-0.05, 0) is 49.9 Å². The van der Waals surface area contributed by atoms with E-state index in [2.05, 4.69) is 5.32 Å². The van der Waals surface area contributed by atoms with Crippen molar-refractivity contribution in [2.24, 2.45) is 5.92 Å². The summed E-state index contributed by atoms with van der Waals surface area (Å²) in [5.74, 6) is 0.00184. The van der Waals surface area contributed by atoms with E-state index < -0.39 is 18.1 Å². The van der Waals surface area contributed by atoms with E-state index >= 15 is 0 Å². The molecule has 0 aliphatic carbocycles. The lowest BCUT2D eigenvalue weighted by atomic mass is 10.0. The average molecular weight is 342 g/mol. The molecule has 0 radical (unpaired) electrons. The number of carbonyl (C=O) groups is 2. The van der Waals surface area contributed by atoms with E-state index in [4.69, 9.17) is 21.1 Å². The molecule has 0 aliphatic heterocycles. The zero-order chi connectivity index (χ0) is 17.6. The van der Waals surface area contributed by atoms with Crippen LogP contribution in [0.5, 0.6) is 5.75 Å². The molecule has 2 unspecified atom stereocenters. The van der Waals surface area contributed by atoms with Crippen LogP contribution in [-0.4, -0.2) is 31.1 Å². The summed E-state index contributed by atoms with van der Waals surface area (Å²) in [6.45, 7) is 7.42. The van der Waals surface area contributed by atoms with Crippen molar-refractivity contribution in [1.82, 2.24) is 5.32 Å². The van der Waals surface area contributed by atoms with Crippen molar-refractivity contribution >= 4 is 23.5 Å². The second-order valence-corrected chi connectivity index (χ2v) is 6.32. The van der Waals surface area contributed by atoms with E-state index in [1.165, 1.54) is 7.11 Å². The van der Waals surface area contributed by atoms with Crippen LogP contribution in [0.3, 0.4) is 0 Å². The van der Waals surface area contributed by atoms with Crippen LogP contribution in [0.4, 0.5) is 0 Å². The highest BCUT2D eigenvalue weighted by atomic mass is 35.5. The van der Waals surface area contributed by atoms with E-state index in [0.29, 0.717) is 17.2 Å². The summed E-state index contributed by atoms with van der Waals surface area (Å²) in [7, 11) is 1.30. The number of benzene rings is 1. The van der Waals surface area contributed by atoms with Crippen LogP contribution >= 0.6 is 11.6 Å². The molecule has 0 bridgehead atoms. The quantitative estimate of drug-likeness (QED) is 0.774. The Hall–Kier alpha value is -1.75. The maximum Gasteiger partial charge on any atom is 0.328 e. The van der Waals surface area contributed by atoms with Crippen LogP contribution in [0.1, 0.15) is 32.8 Å². The lowest BCUT2D eigenvalue weighted by Crippen LogP contribution is -2.47. The van der Waals surface area contributed by atoms with Crippen LogP contribution in [0, 0.1) is 12.8 Å². The molecule has 23 heavy (non-hydrogen) atoms. The van der Waals surface area contributed by atoms with Gasteiger partial charge in [-0.15, -0.1) is 0 Å². The van der Waals surface area contributed by atoms with E-state index in [9.17, 15) is 9.59 Å². The molecule has 0 heterocycles. The lowest BCUT2D eigenvalue weighted by Gasteiger charge is -2.21. The molecular formula is C17H24ClNO4. The van der Waals surface area contributed by atoms with Gasteiger partial charge in [0.05, 0.1) is 7.11 Å². The molecule has 1 rings (SSSR count). The molecule has 1 aromatic carbocycles. The van der Waals surface area contributed by atoms with Crippen molar-refractivity contribution in [1.29, 1.82) is 0 Å². The smallest absolute Gasteiger partial charge is 0.328 e. The topological polar surface area (TPSA) is 64.6 Å². The van der Waals surface area contributed by atoms with Crippen molar-refractivity contribution in [3.63, 3.8) is 0 Å². The summed E-state index contributed by atoms with van der Waals surface area (Å²) in [6.07, 6.45) is -0.236. The lowest BCUT2D eigenvalue weighted by molar-refractivity contribution is -0.146. The predicted octanol–water partition coefficient (Wildman–Crippen LogP) is 3.12. The fourth-order valence-electron chi connectivity index (χ4n) is 2.11. The largest absolute Gasteiger partial charge is 0.481 e. The van der Waals surface area contributed by atoms with Gasteiger partial charge in [0.25, 0.3) is 5.91 Å². The summed E-state index contributed by atoms with van der Waals surface area (Å²) < 4.78 is 10.4. The minimum Gasteiger partial charge on any atom is -0.481 e. The van der Waals surface area contributed by atoms with Crippen molar-refractivity contribution in [2.45, 2.75) is 46.3 Å². The van der Waals surface area contributed by atoms with Gasteiger partial charge in [-0.1, -0.05) is 25.4 Å². The van der Waals surface area contributed by atoms with Gasteiger partial charge in [0.15, 0.2) is 6.10 Å². The van der Waals surface area contributed by atoms with Gasteiger partial charge >= 0.3 is 5.97 Å². The SMILES string of the molecule is COC(=O)C(CC(C)C)NC(=O)C(C)Oc1ccc(Cl)cc1C. The molecule has 1 amide bonds. The number of aryl methyl sites for hydroxylation is 1. The number of methoxy groups -OCH3 is 1. The molecule has 0 saturated carbocycles. The van der Waals surface area contributed by atoms with Gasteiger partial charge in [0.1, 0.15) is 11.8 Å². The first kappa shape index (κ1) is 19.3. The number of ether oxygens (including phenoxy) is 2. The van der Waals surface area contributed by atoms with Crippen LogP contribution in [0.2, 0.25) is 5.02 Å². The highest BCUT2D eigenvalue weighted by Gasteiger charge is 2.25. The summed E-state index contributed by atoms with van der Waals surface area (Å²) in [4.78, 5) is 24.0. The number of hydrogen-bond donors (Lipinski definition) is 1. The van der Waals surface area contributed by atoms with E-state index in [0.717, 1.165) is 5.56 Å². The average Bonchev–Trinajstić information content (AvgIpc) is 2.47. The monoisotopic (exact) mass is 341 g/mol. The molecule has 0 aliphatic rings. The van der Waals surface area contributed by atoms with Crippen molar-refractivity contribution in [3.05, 3.63) is 28.8 Å². The number of rotatable bonds is 7. The molecule has 0 saturated heterocycles. The van der Waals surface area contributed by atoms with Gasteiger partial charge in [0.2, 0.25) is 0 Å². The predicted molar refractivity (Wildman–Crippen MR) is 89.7 cm³/mol. The van der Waals surface area contributed by atoms with E-state index in [1.54, 1.807) is 25.1 Å². The number of halogens is 1. The maximum atomic E-state index is 12.3. The summed E-state index contributed by atoms with van der Waals surface area (Å²) in [5.41, 5.74) is 0.837. The standard InChI is InChI=1S/C17H24ClNO4/c1-10(2)8-14(17(21)22-5)19-16(20)12(4)23-15-7-6-13(18)9-11(15)3/h6-7,9-10,12,14H,8H2,1-5H3,(H,19,20). The van der Waals surface area contributed by atoms with Gasteiger partial charge in [-0.25, -0.2) is 4.79 Å². The van der Waals surface area contributed by atoms with Gasteiger partial charge in [-0.3, -0.25) is 4.79 Å². The van der Waals surface area contributed by atoms with Crippen LogP contribution in [0.25, 0.3) is 0 Å². The fraction of sp³-hybridized carbons (Fsp3) is 0.529. The Morgan fingerprint density at radius 1 is 1.26 bits per heavy atom. The van der Waals surface area contributed by atoms with E-state index in [1.807, 2.05) is 20.8 Å². The normalized spacial score (nSPS) is 13.3. The highest BCUT2D eigenvalue weighted by molar-refractivity contribution is 6.30. The molecule has 1 N–H and O–H groups in total. The number of nitrogens with one attached hydrogen (secondary N) is 1. The summed E-state index contributed by atoms with van der Waals surface area (Å²) in [6, 6.07) is 4.50. The Bertz CT molecular complexity index is 560. The van der Waals surface area contributed by atoms with Crippen molar-refractivity contribution in [3.8, 4) is 5.75 Å². The fourth-order valence-corrected chi connectivity index (χ4v) is 2.33. The number of esters is 1. The molecule has 2 atom stereocenters. The third-order valence-electron chi connectivity index (χ3n) is 3.32. The molecule has 0 aromatic heterocycles. The first-order valence-corrected chi connectivity index (χ1v) is 7.93.